The number of hydrogen-bond acceptors (Lipinski definition) is 3. The highest BCUT2D eigenvalue weighted by atomic mass is 16.2. The van der Waals surface area contributed by atoms with E-state index in [4.69, 9.17) is 0 Å². The Balaban J connectivity index is 1.57. The van der Waals surface area contributed by atoms with Gasteiger partial charge in [0, 0.05) is 42.3 Å². The molecule has 1 atom stereocenters. The Morgan fingerprint density at radius 2 is 2.08 bits per heavy atom. The summed E-state index contributed by atoms with van der Waals surface area (Å²) in [5.41, 5.74) is 1.86. The maximum Gasteiger partial charge on any atom is 0.253 e. The van der Waals surface area contributed by atoms with E-state index in [0.29, 0.717) is 0 Å². The smallest absolute Gasteiger partial charge is 0.253 e. The van der Waals surface area contributed by atoms with E-state index in [2.05, 4.69) is 21.4 Å². The fourth-order valence-electron chi connectivity index (χ4n) is 4.57. The van der Waals surface area contributed by atoms with Crippen molar-refractivity contribution < 1.29 is 4.79 Å². The molecule has 2 fully saturated rings. The molecule has 0 aliphatic carbocycles. The van der Waals surface area contributed by atoms with Crippen LogP contribution in [0.3, 0.4) is 0 Å². The minimum absolute atomic E-state index is 0.148. The molecule has 2 saturated heterocycles. The normalized spacial score (nSPS) is 24.1. The van der Waals surface area contributed by atoms with E-state index in [9.17, 15) is 4.79 Å². The lowest BCUT2D eigenvalue weighted by atomic mass is 9.86. The molecule has 0 radical (unpaired) electrons. The molecule has 1 aromatic heterocycles. The largest absolute Gasteiger partial charge is 0.337 e. The van der Waals surface area contributed by atoms with Crippen molar-refractivity contribution in [2.24, 2.45) is 0 Å². The maximum atomic E-state index is 13.1. The Morgan fingerprint density at radius 1 is 1.24 bits per heavy atom. The van der Waals surface area contributed by atoms with Gasteiger partial charge in [-0.05, 0) is 56.5 Å². The summed E-state index contributed by atoms with van der Waals surface area (Å²) in [5.74, 6) is 0.148. The molecule has 2 aliphatic heterocycles. The summed E-state index contributed by atoms with van der Waals surface area (Å²) >= 11 is 0. The second-order valence-electron chi connectivity index (χ2n) is 7.30. The molecule has 4 heteroatoms. The number of amides is 1. The van der Waals surface area contributed by atoms with Gasteiger partial charge in [-0.3, -0.25) is 14.7 Å². The second kappa shape index (κ2) is 6.60. The molecule has 3 heterocycles. The van der Waals surface area contributed by atoms with E-state index in [0.717, 1.165) is 49.1 Å². The molecule has 1 amide bonds. The molecule has 2 aromatic rings. The summed E-state index contributed by atoms with van der Waals surface area (Å²) in [6.45, 7) is 7.64. The van der Waals surface area contributed by atoms with Crippen LogP contribution in [0.5, 0.6) is 0 Å². The zero-order valence-corrected chi connectivity index (χ0v) is 14.7. The van der Waals surface area contributed by atoms with Crippen molar-refractivity contribution in [1.29, 1.82) is 0 Å². The Labute approximate surface area is 149 Å². The van der Waals surface area contributed by atoms with E-state index < -0.39 is 0 Å². The lowest BCUT2D eigenvalue weighted by Gasteiger charge is -2.45. The first kappa shape index (κ1) is 16.3. The fourth-order valence-corrected chi connectivity index (χ4v) is 4.57. The van der Waals surface area contributed by atoms with Crippen LogP contribution in [-0.4, -0.2) is 52.4 Å². The maximum absolute atomic E-state index is 13.1. The van der Waals surface area contributed by atoms with Gasteiger partial charge in [-0.2, -0.15) is 0 Å². The standard InChI is InChI=1S/C21H25N3O/c1-2-12-24-14-5-10-21(24)9-4-13-23(16-21)20(25)18-7-8-19-17(15-18)6-3-11-22-19/h2-3,6-8,11,15H,1,4-5,9-10,12-14,16H2/t21-/m1/s1. The van der Waals surface area contributed by atoms with E-state index in [1.165, 1.54) is 19.3 Å². The van der Waals surface area contributed by atoms with Gasteiger partial charge in [0.15, 0.2) is 0 Å². The Kier molecular flexibility index (Phi) is 4.30. The Hall–Kier alpha value is -2.20. The van der Waals surface area contributed by atoms with Gasteiger partial charge in [-0.1, -0.05) is 12.1 Å². The first-order valence-electron chi connectivity index (χ1n) is 9.22. The topological polar surface area (TPSA) is 36.4 Å². The fraction of sp³-hybridized carbons (Fsp3) is 0.429. The number of hydrogen-bond donors (Lipinski definition) is 0. The third-order valence-corrected chi connectivity index (χ3v) is 5.78. The summed E-state index contributed by atoms with van der Waals surface area (Å²) in [7, 11) is 0. The number of benzene rings is 1. The van der Waals surface area contributed by atoms with Crippen molar-refractivity contribution in [3.05, 3.63) is 54.7 Å². The van der Waals surface area contributed by atoms with Gasteiger partial charge in [0.25, 0.3) is 5.91 Å². The first-order valence-corrected chi connectivity index (χ1v) is 9.22. The van der Waals surface area contributed by atoms with Gasteiger partial charge in [0.05, 0.1) is 5.52 Å². The van der Waals surface area contributed by atoms with Crippen molar-refractivity contribution in [2.45, 2.75) is 31.2 Å². The highest BCUT2D eigenvalue weighted by molar-refractivity contribution is 5.98. The second-order valence-corrected chi connectivity index (χ2v) is 7.30. The van der Waals surface area contributed by atoms with E-state index in [1.54, 1.807) is 6.20 Å². The van der Waals surface area contributed by atoms with Crippen LogP contribution < -0.4 is 0 Å². The van der Waals surface area contributed by atoms with Crippen LogP contribution in [0.4, 0.5) is 0 Å². The van der Waals surface area contributed by atoms with Gasteiger partial charge < -0.3 is 4.90 Å². The molecule has 2 aliphatic rings. The van der Waals surface area contributed by atoms with Crippen molar-refractivity contribution in [3.8, 4) is 0 Å². The van der Waals surface area contributed by atoms with Gasteiger partial charge in [0.1, 0.15) is 0 Å². The number of nitrogens with zero attached hydrogens (tertiary/aromatic N) is 3. The third-order valence-electron chi connectivity index (χ3n) is 5.78. The average Bonchev–Trinajstić information content (AvgIpc) is 3.02. The monoisotopic (exact) mass is 335 g/mol. The number of rotatable bonds is 3. The van der Waals surface area contributed by atoms with Crippen LogP contribution in [0, 0.1) is 0 Å². The molecule has 0 N–H and O–H groups in total. The Morgan fingerprint density at radius 3 is 2.92 bits per heavy atom. The Bertz CT molecular complexity index is 803. The predicted octanol–water partition coefficient (Wildman–Crippen LogP) is 3.49. The van der Waals surface area contributed by atoms with Crippen molar-refractivity contribution in [3.63, 3.8) is 0 Å². The third kappa shape index (κ3) is 2.95. The number of likely N-dealkylation sites (tertiary alicyclic amines) is 2. The molecule has 130 valence electrons. The summed E-state index contributed by atoms with van der Waals surface area (Å²) in [4.78, 5) is 22.0. The van der Waals surface area contributed by atoms with E-state index in [-0.39, 0.29) is 11.4 Å². The van der Waals surface area contributed by atoms with Gasteiger partial charge >= 0.3 is 0 Å². The molecule has 1 aromatic carbocycles. The number of piperidine rings is 1. The van der Waals surface area contributed by atoms with Crippen LogP contribution in [0.25, 0.3) is 10.9 Å². The molecular formula is C21H25N3O. The highest BCUT2D eigenvalue weighted by Crippen LogP contribution is 2.37. The van der Waals surface area contributed by atoms with Crippen LogP contribution in [0.2, 0.25) is 0 Å². The minimum Gasteiger partial charge on any atom is -0.337 e. The quantitative estimate of drug-likeness (QED) is 0.806. The number of carbonyl (C=O) groups is 1. The summed E-state index contributed by atoms with van der Waals surface area (Å²) < 4.78 is 0. The lowest BCUT2D eigenvalue weighted by Crippen LogP contribution is -2.56. The first-order chi connectivity index (χ1) is 12.2. The van der Waals surface area contributed by atoms with Gasteiger partial charge in [-0.15, -0.1) is 6.58 Å². The van der Waals surface area contributed by atoms with E-state index >= 15 is 0 Å². The SMILES string of the molecule is C=CCN1CCC[C@@]12CCCN(C(=O)c1ccc3ncccc3c1)C2. The van der Waals surface area contributed by atoms with Gasteiger partial charge in [-0.25, -0.2) is 0 Å². The molecule has 0 bridgehead atoms. The molecular weight excluding hydrogens is 310 g/mol. The number of pyridine rings is 1. The van der Waals surface area contributed by atoms with Crippen LogP contribution in [0.1, 0.15) is 36.0 Å². The van der Waals surface area contributed by atoms with Crippen LogP contribution >= 0.6 is 0 Å². The van der Waals surface area contributed by atoms with Crippen LogP contribution in [-0.2, 0) is 0 Å². The molecule has 0 saturated carbocycles. The predicted molar refractivity (Wildman–Crippen MR) is 101 cm³/mol. The molecule has 4 nitrogen and oxygen atoms in total. The zero-order valence-electron chi connectivity index (χ0n) is 14.7. The number of carbonyl (C=O) groups excluding carboxylic acids is 1. The summed E-state index contributed by atoms with van der Waals surface area (Å²) in [5, 5.41) is 1.02. The molecule has 1 spiro atoms. The molecule has 25 heavy (non-hydrogen) atoms. The average molecular weight is 335 g/mol. The minimum atomic E-state index is 0.148. The lowest BCUT2D eigenvalue weighted by molar-refractivity contribution is 0.0367. The van der Waals surface area contributed by atoms with E-state index in [1.807, 2.05) is 36.4 Å². The number of aromatic nitrogens is 1. The highest BCUT2D eigenvalue weighted by Gasteiger charge is 2.44. The number of fused-ring (bicyclic) bond motifs is 1. The van der Waals surface area contributed by atoms with Gasteiger partial charge in [0.2, 0.25) is 0 Å². The molecule has 0 unspecified atom stereocenters. The van der Waals surface area contributed by atoms with Crippen LogP contribution in [0.15, 0.2) is 49.2 Å². The summed E-state index contributed by atoms with van der Waals surface area (Å²) in [6.07, 6.45) is 8.45. The van der Waals surface area contributed by atoms with Crippen molar-refractivity contribution in [2.75, 3.05) is 26.2 Å². The van der Waals surface area contributed by atoms with Crippen molar-refractivity contribution in [1.82, 2.24) is 14.8 Å². The summed E-state index contributed by atoms with van der Waals surface area (Å²) in [6, 6.07) is 9.76. The zero-order chi connectivity index (χ0) is 17.3. The molecule has 4 rings (SSSR count). The van der Waals surface area contributed by atoms with Crippen molar-refractivity contribution >= 4 is 16.8 Å².